The molecule has 2 aromatic carbocycles. The van der Waals surface area contributed by atoms with Crippen molar-refractivity contribution < 1.29 is 19.1 Å². The van der Waals surface area contributed by atoms with E-state index in [0.717, 1.165) is 5.75 Å². The first-order chi connectivity index (χ1) is 14.9. The number of nitrogens with zero attached hydrogens (tertiary/aromatic N) is 2. The summed E-state index contributed by atoms with van der Waals surface area (Å²) in [5.41, 5.74) is 0.832. The van der Waals surface area contributed by atoms with E-state index in [1.54, 1.807) is 37.4 Å². The summed E-state index contributed by atoms with van der Waals surface area (Å²) in [7, 11) is 0. The second-order valence-corrected chi connectivity index (χ2v) is 8.19. The highest BCUT2D eigenvalue weighted by molar-refractivity contribution is 7.13. The molecule has 0 radical (unpaired) electrons. The second kappa shape index (κ2) is 8.62. The van der Waals surface area contributed by atoms with Crippen LogP contribution in [0.3, 0.4) is 0 Å². The van der Waals surface area contributed by atoms with Gasteiger partial charge in [-0.05, 0) is 57.2 Å². The number of imide groups is 1. The normalized spacial score (nSPS) is 13.6. The average molecular weight is 433 g/mol. The van der Waals surface area contributed by atoms with Gasteiger partial charge in [0.1, 0.15) is 16.4 Å². The van der Waals surface area contributed by atoms with E-state index >= 15 is 0 Å². The van der Waals surface area contributed by atoms with Gasteiger partial charge in [0.2, 0.25) is 0 Å². The zero-order chi connectivity index (χ0) is 22.0. The number of aromatic nitrogens is 1. The molecule has 31 heavy (non-hydrogen) atoms. The van der Waals surface area contributed by atoms with Crippen LogP contribution in [0.4, 0.5) is 0 Å². The van der Waals surface area contributed by atoms with Crippen LogP contribution in [0, 0.1) is 11.8 Å². The van der Waals surface area contributed by atoms with Crippen molar-refractivity contribution in [1.29, 1.82) is 0 Å². The van der Waals surface area contributed by atoms with Crippen LogP contribution >= 0.6 is 11.3 Å². The molecule has 0 bridgehead atoms. The van der Waals surface area contributed by atoms with Crippen LogP contribution in [-0.2, 0) is 0 Å². The van der Waals surface area contributed by atoms with Gasteiger partial charge < -0.3 is 9.47 Å². The summed E-state index contributed by atoms with van der Waals surface area (Å²) < 4.78 is 11.4. The first-order valence-electron chi connectivity index (χ1n) is 9.81. The fraction of sp³-hybridized carbons (Fsp3) is 0.208. The zero-order valence-electron chi connectivity index (χ0n) is 17.3. The molecule has 1 aliphatic rings. The van der Waals surface area contributed by atoms with Crippen LogP contribution in [-0.4, -0.2) is 33.8 Å². The number of hydrogen-bond acceptors (Lipinski definition) is 6. The average Bonchev–Trinajstić information content (AvgIpc) is 3.30. The van der Waals surface area contributed by atoms with Crippen molar-refractivity contribution >= 4 is 23.2 Å². The van der Waals surface area contributed by atoms with Crippen molar-refractivity contribution in [1.82, 2.24) is 9.88 Å². The molecule has 0 N–H and O–H groups in total. The van der Waals surface area contributed by atoms with E-state index in [9.17, 15) is 9.59 Å². The molecule has 0 spiro atoms. The molecule has 0 unspecified atom stereocenters. The van der Waals surface area contributed by atoms with Gasteiger partial charge in [-0.25, -0.2) is 4.98 Å². The summed E-state index contributed by atoms with van der Waals surface area (Å²) in [6.07, 6.45) is 1.72. The summed E-state index contributed by atoms with van der Waals surface area (Å²) >= 11 is 1.29. The molecular formula is C24H20N2O4S. The standard InChI is InChI=1S/C24H20N2O4S/c1-15(2)29-17-9-11-18(12-10-17)30-24-25-14-19(31-24)13-8-16(3)26-22(27)20-6-4-5-7-21(20)23(26)28/h4-7,9-12,14-16H,1-3H3/t16-/m0/s1. The van der Waals surface area contributed by atoms with Crippen molar-refractivity contribution in [2.75, 3.05) is 0 Å². The highest BCUT2D eigenvalue weighted by Crippen LogP contribution is 2.28. The maximum absolute atomic E-state index is 12.5. The van der Waals surface area contributed by atoms with Crippen LogP contribution in [0.5, 0.6) is 16.7 Å². The molecule has 2 heterocycles. The van der Waals surface area contributed by atoms with Gasteiger partial charge >= 0.3 is 0 Å². The number of ether oxygens (including phenoxy) is 2. The lowest BCUT2D eigenvalue weighted by Crippen LogP contribution is -2.37. The fourth-order valence-corrected chi connectivity index (χ4v) is 3.77. The van der Waals surface area contributed by atoms with Gasteiger partial charge in [0.05, 0.1) is 29.5 Å². The number of thiazole rings is 1. The SMILES string of the molecule is CC(C)Oc1ccc(Oc2ncc(C#C[C@H](C)N3C(=O)c4ccccc4C3=O)s2)cc1. The Morgan fingerprint density at radius 3 is 2.16 bits per heavy atom. The third-order valence-electron chi connectivity index (χ3n) is 4.50. The number of carbonyl (C=O) groups excluding carboxylic acids is 2. The monoisotopic (exact) mass is 432 g/mol. The van der Waals surface area contributed by atoms with Crippen molar-refractivity contribution in [3.8, 4) is 28.5 Å². The van der Waals surface area contributed by atoms with E-state index in [1.807, 2.05) is 38.1 Å². The fourth-order valence-electron chi connectivity index (χ4n) is 3.12. The van der Waals surface area contributed by atoms with E-state index in [4.69, 9.17) is 9.47 Å². The summed E-state index contributed by atoms with van der Waals surface area (Å²) in [6, 6.07) is 13.5. The summed E-state index contributed by atoms with van der Waals surface area (Å²) in [6.45, 7) is 5.67. The lowest BCUT2D eigenvalue weighted by molar-refractivity contribution is 0.0630. The van der Waals surface area contributed by atoms with E-state index in [2.05, 4.69) is 16.8 Å². The molecule has 1 aromatic heterocycles. The number of amides is 2. The van der Waals surface area contributed by atoms with Crippen molar-refractivity contribution in [3.63, 3.8) is 0 Å². The molecule has 3 aromatic rings. The Morgan fingerprint density at radius 1 is 0.935 bits per heavy atom. The Bertz CT molecular complexity index is 1150. The Labute approximate surface area is 184 Å². The summed E-state index contributed by atoms with van der Waals surface area (Å²) in [5, 5.41) is 0.454. The molecule has 0 aliphatic carbocycles. The zero-order valence-corrected chi connectivity index (χ0v) is 18.1. The Hall–Kier alpha value is -3.63. The molecule has 2 amide bonds. The second-order valence-electron chi connectivity index (χ2n) is 7.20. The molecule has 1 aliphatic heterocycles. The number of carbonyl (C=O) groups is 2. The van der Waals surface area contributed by atoms with Gasteiger partial charge in [-0.15, -0.1) is 0 Å². The highest BCUT2D eigenvalue weighted by Gasteiger charge is 2.37. The largest absolute Gasteiger partial charge is 0.491 e. The van der Waals surface area contributed by atoms with E-state index in [1.165, 1.54) is 16.2 Å². The maximum Gasteiger partial charge on any atom is 0.279 e. The van der Waals surface area contributed by atoms with E-state index in [0.29, 0.717) is 26.9 Å². The lowest BCUT2D eigenvalue weighted by Gasteiger charge is -2.17. The quantitative estimate of drug-likeness (QED) is 0.430. The molecule has 4 rings (SSSR count). The Balaban J connectivity index is 1.42. The van der Waals surface area contributed by atoms with Crippen molar-refractivity contribution in [2.24, 2.45) is 0 Å². The molecule has 6 nitrogen and oxygen atoms in total. The minimum atomic E-state index is -0.563. The topological polar surface area (TPSA) is 68.7 Å². The molecule has 1 atom stereocenters. The van der Waals surface area contributed by atoms with Crippen LogP contribution in [0.15, 0.2) is 54.7 Å². The predicted molar refractivity (Wildman–Crippen MR) is 118 cm³/mol. The third-order valence-corrected chi connectivity index (χ3v) is 5.29. The minimum Gasteiger partial charge on any atom is -0.491 e. The lowest BCUT2D eigenvalue weighted by atomic mass is 10.1. The van der Waals surface area contributed by atoms with Gasteiger partial charge in [0, 0.05) is 0 Å². The van der Waals surface area contributed by atoms with E-state index in [-0.39, 0.29) is 17.9 Å². The number of rotatable bonds is 5. The van der Waals surface area contributed by atoms with Gasteiger partial charge in [0.15, 0.2) is 0 Å². The van der Waals surface area contributed by atoms with Crippen LogP contribution in [0.1, 0.15) is 46.4 Å². The van der Waals surface area contributed by atoms with Gasteiger partial charge in [-0.1, -0.05) is 35.3 Å². The highest BCUT2D eigenvalue weighted by atomic mass is 32.1. The third kappa shape index (κ3) is 4.44. The molecule has 0 fully saturated rings. The number of fused-ring (bicyclic) bond motifs is 1. The van der Waals surface area contributed by atoms with Gasteiger partial charge in [-0.3, -0.25) is 14.5 Å². The van der Waals surface area contributed by atoms with Crippen LogP contribution in [0.25, 0.3) is 0 Å². The van der Waals surface area contributed by atoms with Crippen molar-refractivity contribution in [2.45, 2.75) is 32.9 Å². The Morgan fingerprint density at radius 2 is 1.55 bits per heavy atom. The van der Waals surface area contributed by atoms with Crippen molar-refractivity contribution in [3.05, 3.63) is 70.7 Å². The first kappa shape index (κ1) is 20.6. The maximum atomic E-state index is 12.5. The molecule has 156 valence electrons. The Kier molecular flexibility index (Phi) is 5.74. The van der Waals surface area contributed by atoms with Crippen LogP contribution < -0.4 is 9.47 Å². The smallest absolute Gasteiger partial charge is 0.279 e. The molecular weight excluding hydrogens is 412 g/mol. The summed E-state index contributed by atoms with van der Waals surface area (Å²) in [4.78, 5) is 31.2. The minimum absolute atomic E-state index is 0.106. The molecule has 0 saturated heterocycles. The molecule has 0 saturated carbocycles. The van der Waals surface area contributed by atoms with E-state index < -0.39 is 6.04 Å². The van der Waals surface area contributed by atoms with Crippen LogP contribution in [0.2, 0.25) is 0 Å². The molecule has 7 heteroatoms. The number of hydrogen-bond donors (Lipinski definition) is 0. The van der Waals surface area contributed by atoms with Gasteiger partial charge in [0.25, 0.3) is 17.0 Å². The van der Waals surface area contributed by atoms with Gasteiger partial charge in [-0.2, -0.15) is 0 Å². The first-order valence-corrected chi connectivity index (χ1v) is 10.6. The summed E-state index contributed by atoms with van der Waals surface area (Å²) in [5.74, 6) is 6.74. The number of benzene rings is 2. The predicted octanol–water partition coefficient (Wildman–Crippen LogP) is 4.76.